The summed E-state index contributed by atoms with van der Waals surface area (Å²) in [6.45, 7) is 3.11. The lowest BCUT2D eigenvalue weighted by atomic mass is 10.0. The number of nitrogens with zero attached hydrogens (tertiary/aromatic N) is 1. The number of hydrogen-bond acceptors (Lipinski definition) is 4. The van der Waals surface area contributed by atoms with Gasteiger partial charge in [-0.25, -0.2) is 17.5 Å². The molecule has 2 atom stereocenters. The normalized spacial score (nSPS) is 19.8. The minimum absolute atomic E-state index is 0.0357. The van der Waals surface area contributed by atoms with Gasteiger partial charge in [0, 0.05) is 30.5 Å². The third kappa shape index (κ3) is 3.76. The third-order valence-electron chi connectivity index (χ3n) is 4.76. The number of hydrogen-bond donors (Lipinski definition) is 3. The Morgan fingerprint density at radius 2 is 2.15 bits per heavy atom. The molecule has 0 radical (unpaired) electrons. The van der Waals surface area contributed by atoms with Gasteiger partial charge >= 0.3 is 0 Å². The highest BCUT2D eigenvalue weighted by atomic mass is 32.2. The monoisotopic (exact) mass is 395 g/mol. The predicted octanol–water partition coefficient (Wildman–Crippen LogP) is 1.70. The minimum Gasteiger partial charge on any atom is -0.392 e. The van der Waals surface area contributed by atoms with Gasteiger partial charge in [-0.05, 0) is 50.5 Å². The molecule has 146 valence electrons. The van der Waals surface area contributed by atoms with Crippen LogP contribution in [0, 0.1) is 12.7 Å². The van der Waals surface area contributed by atoms with Crippen LogP contribution in [-0.4, -0.2) is 36.1 Å². The van der Waals surface area contributed by atoms with E-state index in [1.54, 1.807) is 14.0 Å². The van der Waals surface area contributed by atoms with Gasteiger partial charge in [-0.15, -0.1) is 0 Å². The molecule has 1 aliphatic heterocycles. The number of aryl methyl sites for hydroxylation is 2. The van der Waals surface area contributed by atoms with Crippen molar-refractivity contribution in [2.24, 2.45) is 7.05 Å². The Morgan fingerprint density at radius 3 is 2.78 bits per heavy atom. The summed E-state index contributed by atoms with van der Waals surface area (Å²) in [7, 11) is -2.26. The molecular weight excluding hydrogens is 373 g/mol. The van der Waals surface area contributed by atoms with Gasteiger partial charge in [0.05, 0.1) is 6.10 Å². The minimum atomic E-state index is -3.85. The molecule has 2 aromatic rings. The molecule has 1 aromatic carbocycles. The molecule has 3 rings (SSSR count). The number of fused-ring (bicyclic) bond motifs is 1. The Kier molecular flexibility index (Phi) is 5.11. The highest BCUT2D eigenvalue weighted by molar-refractivity contribution is 7.89. The van der Waals surface area contributed by atoms with Crippen LogP contribution < -0.4 is 10.0 Å². The van der Waals surface area contributed by atoms with Crippen molar-refractivity contribution in [3.63, 3.8) is 0 Å². The average Bonchev–Trinajstić information content (AvgIpc) is 2.85. The highest BCUT2D eigenvalue weighted by Gasteiger charge is 2.34. The van der Waals surface area contributed by atoms with Crippen LogP contribution in [0.3, 0.4) is 0 Å². The van der Waals surface area contributed by atoms with Gasteiger partial charge in [0.1, 0.15) is 16.4 Å². The van der Waals surface area contributed by atoms with Crippen molar-refractivity contribution in [2.75, 3.05) is 5.32 Å². The number of nitrogens with one attached hydrogen (secondary N) is 2. The Hall–Kier alpha value is -2.23. The van der Waals surface area contributed by atoms with E-state index in [-0.39, 0.29) is 16.4 Å². The lowest BCUT2D eigenvalue weighted by molar-refractivity contribution is 0.101. The molecular formula is C18H22FN3O4S. The number of carbonyl (C=O) groups is 1. The second-order valence-corrected chi connectivity index (χ2v) is 8.54. The van der Waals surface area contributed by atoms with Crippen molar-refractivity contribution in [3.05, 3.63) is 47.0 Å². The zero-order valence-corrected chi connectivity index (χ0v) is 16.1. The van der Waals surface area contributed by atoms with Gasteiger partial charge in [-0.3, -0.25) is 4.79 Å². The number of anilines is 1. The lowest BCUT2D eigenvalue weighted by Crippen LogP contribution is -2.40. The van der Waals surface area contributed by atoms with E-state index in [9.17, 15) is 22.7 Å². The zero-order valence-electron chi connectivity index (χ0n) is 15.3. The molecule has 27 heavy (non-hydrogen) atoms. The Balaban J connectivity index is 1.97. The van der Waals surface area contributed by atoms with Gasteiger partial charge < -0.3 is 15.0 Å². The maximum atomic E-state index is 13.4. The summed E-state index contributed by atoms with van der Waals surface area (Å²) in [6.07, 6.45) is 1.23. The molecule has 0 aliphatic carbocycles. The molecule has 1 aliphatic rings. The fraction of sp³-hybridized carbons (Fsp3) is 0.389. The summed E-state index contributed by atoms with van der Waals surface area (Å²) in [5.74, 6) is -0.850. The van der Waals surface area contributed by atoms with E-state index in [0.29, 0.717) is 29.7 Å². The molecule has 0 saturated carbocycles. The smallest absolute Gasteiger partial charge is 0.272 e. The van der Waals surface area contributed by atoms with Crippen molar-refractivity contribution in [1.29, 1.82) is 0 Å². The highest BCUT2D eigenvalue weighted by Crippen LogP contribution is 2.28. The summed E-state index contributed by atoms with van der Waals surface area (Å²) < 4.78 is 42.6. The molecule has 7 nitrogen and oxygen atoms in total. The first-order valence-corrected chi connectivity index (χ1v) is 10.0. The summed E-state index contributed by atoms with van der Waals surface area (Å²) in [6, 6.07) is 3.60. The fourth-order valence-electron chi connectivity index (χ4n) is 3.29. The molecule has 0 fully saturated rings. The van der Waals surface area contributed by atoms with Crippen LogP contribution >= 0.6 is 0 Å². The predicted molar refractivity (Wildman–Crippen MR) is 98.6 cm³/mol. The van der Waals surface area contributed by atoms with E-state index in [0.717, 1.165) is 0 Å². The Labute approximate surface area is 157 Å². The average molecular weight is 395 g/mol. The van der Waals surface area contributed by atoms with Crippen molar-refractivity contribution in [1.82, 2.24) is 9.29 Å². The van der Waals surface area contributed by atoms with Gasteiger partial charge in [0.15, 0.2) is 0 Å². The molecule has 2 heterocycles. The van der Waals surface area contributed by atoms with Crippen LogP contribution in [0.2, 0.25) is 0 Å². The molecule has 0 unspecified atom stereocenters. The summed E-state index contributed by atoms with van der Waals surface area (Å²) >= 11 is 0. The number of carbonyl (C=O) groups excluding carboxylic acids is 1. The first kappa shape index (κ1) is 19.5. The second-order valence-electron chi connectivity index (χ2n) is 6.86. The SMILES string of the molecule is Cc1cc(NC(=O)c2c3c(cn2C)S(=O)(=O)N[C@@H]([C@H](C)O)CC3)ccc1F. The van der Waals surface area contributed by atoms with Gasteiger partial charge in [-0.2, -0.15) is 0 Å². The van der Waals surface area contributed by atoms with Crippen molar-refractivity contribution < 1.29 is 22.7 Å². The molecule has 1 aromatic heterocycles. The van der Waals surface area contributed by atoms with Crippen molar-refractivity contribution in [2.45, 2.75) is 43.7 Å². The zero-order chi connectivity index (χ0) is 19.9. The molecule has 3 N–H and O–H groups in total. The molecule has 0 spiro atoms. The number of benzene rings is 1. The number of aliphatic hydroxyl groups excluding tert-OH is 1. The van der Waals surface area contributed by atoms with Gasteiger partial charge in [0.25, 0.3) is 5.91 Å². The fourth-order valence-corrected chi connectivity index (χ4v) is 4.95. The number of sulfonamides is 1. The summed E-state index contributed by atoms with van der Waals surface area (Å²) in [4.78, 5) is 12.8. The van der Waals surface area contributed by atoms with Crippen LogP contribution in [0.4, 0.5) is 10.1 Å². The van der Waals surface area contributed by atoms with E-state index in [2.05, 4.69) is 10.0 Å². The van der Waals surface area contributed by atoms with Crippen LogP contribution in [0.15, 0.2) is 29.3 Å². The number of rotatable bonds is 3. The maximum absolute atomic E-state index is 13.4. The first-order chi connectivity index (χ1) is 12.6. The van der Waals surface area contributed by atoms with E-state index >= 15 is 0 Å². The molecule has 0 bridgehead atoms. The van der Waals surface area contributed by atoms with Crippen LogP contribution in [0.5, 0.6) is 0 Å². The second kappa shape index (κ2) is 7.06. The number of aliphatic hydroxyl groups is 1. The van der Waals surface area contributed by atoms with Crippen molar-refractivity contribution >= 4 is 21.6 Å². The Morgan fingerprint density at radius 1 is 1.44 bits per heavy atom. The quantitative estimate of drug-likeness (QED) is 0.736. The van der Waals surface area contributed by atoms with E-state index in [1.165, 1.54) is 35.9 Å². The first-order valence-electron chi connectivity index (χ1n) is 8.56. The maximum Gasteiger partial charge on any atom is 0.272 e. The number of aromatic nitrogens is 1. The topological polar surface area (TPSA) is 100 Å². The van der Waals surface area contributed by atoms with Gasteiger partial charge in [0.2, 0.25) is 10.0 Å². The molecule has 1 amide bonds. The number of amides is 1. The largest absolute Gasteiger partial charge is 0.392 e. The standard InChI is InChI=1S/C18H22FN3O4S/c1-10-8-12(4-6-14(10)19)20-18(24)17-13-5-7-15(11(2)23)21-27(25,26)16(13)9-22(17)3/h4,6,8-9,11,15,21,23H,5,7H2,1-3H3,(H,20,24)/t11-,15+/m0/s1. The van der Waals surface area contributed by atoms with E-state index in [4.69, 9.17) is 0 Å². The van der Waals surface area contributed by atoms with Crippen molar-refractivity contribution in [3.8, 4) is 0 Å². The third-order valence-corrected chi connectivity index (χ3v) is 6.31. The number of halogens is 1. The molecule has 0 saturated heterocycles. The summed E-state index contributed by atoms with van der Waals surface area (Å²) in [5.41, 5.74) is 1.45. The van der Waals surface area contributed by atoms with Crippen LogP contribution in [0.1, 0.15) is 35.0 Å². The van der Waals surface area contributed by atoms with Gasteiger partial charge in [-0.1, -0.05) is 0 Å². The van der Waals surface area contributed by atoms with E-state index < -0.39 is 28.1 Å². The van der Waals surface area contributed by atoms with Crippen LogP contribution in [-0.2, 0) is 23.5 Å². The Bertz CT molecular complexity index is 998. The summed E-state index contributed by atoms with van der Waals surface area (Å²) in [5, 5.41) is 12.5. The van der Waals surface area contributed by atoms with E-state index in [1.807, 2.05) is 0 Å². The lowest BCUT2D eigenvalue weighted by Gasteiger charge is -2.18. The van der Waals surface area contributed by atoms with Crippen LogP contribution in [0.25, 0.3) is 0 Å². The molecule has 9 heteroatoms.